The average molecular weight is 678 g/mol. The van der Waals surface area contributed by atoms with Gasteiger partial charge in [0.15, 0.2) is 0 Å². The van der Waals surface area contributed by atoms with Crippen LogP contribution in [0.3, 0.4) is 0 Å². The molecule has 0 aromatic carbocycles. The van der Waals surface area contributed by atoms with E-state index in [1.165, 1.54) is 154 Å². The van der Waals surface area contributed by atoms with Crippen molar-refractivity contribution in [1.29, 1.82) is 0 Å². The molecule has 0 saturated heterocycles. The lowest BCUT2D eigenvalue weighted by molar-refractivity contribution is -0.124. The fourth-order valence-electron chi connectivity index (χ4n) is 6.45. The molecule has 0 aromatic heterocycles. The Bertz CT molecular complexity index is 709. The number of unbranched alkanes of at least 4 members (excludes halogenated alkanes) is 26. The Balaban J connectivity index is 3.68. The molecule has 3 atom stereocenters. The molecule has 0 aliphatic heterocycles. The second-order valence-corrected chi connectivity index (χ2v) is 14.5. The van der Waals surface area contributed by atoms with Gasteiger partial charge in [0.1, 0.15) is 6.10 Å². The minimum atomic E-state index is -1.16. The Morgan fingerprint density at radius 3 is 1.23 bits per heavy atom. The molecule has 5 nitrogen and oxygen atoms in total. The first-order valence-electron chi connectivity index (χ1n) is 21.1. The van der Waals surface area contributed by atoms with Crippen molar-refractivity contribution in [2.45, 2.75) is 238 Å². The van der Waals surface area contributed by atoms with Gasteiger partial charge in [-0.1, -0.05) is 173 Å². The van der Waals surface area contributed by atoms with Gasteiger partial charge in [-0.25, -0.2) is 0 Å². The zero-order valence-corrected chi connectivity index (χ0v) is 32.1. The summed E-state index contributed by atoms with van der Waals surface area (Å²) in [5.74, 6) is -0.159. The highest BCUT2D eigenvalue weighted by Gasteiger charge is 2.26. The van der Waals surface area contributed by atoms with E-state index in [1.54, 1.807) is 0 Å². The molecule has 0 radical (unpaired) electrons. The van der Waals surface area contributed by atoms with Crippen LogP contribution in [0.25, 0.3) is 0 Å². The van der Waals surface area contributed by atoms with E-state index in [-0.39, 0.29) is 12.5 Å². The number of aliphatic hydroxyl groups is 3. The molecule has 0 spiro atoms. The molecule has 0 saturated carbocycles. The molecule has 0 heterocycles. The number of nitrogens with one attached hydrogen (secondary N) is 1. The molecule has 4 N–H and O–H groups in total. The summed E-state index contributed by atoms with van der Waals surface area (Å²) in [6, 6.07) is -0.825. The van der Waals surface area contributed by atoms with Crippen LogP contribution in [0.5, 0.6) is 0 Å². The van der Waals surface area contributed by atoms with Crippen LogP contribution in [0.4, 0.5) is 0 Å². The minimum Gasteiger partial charge on any atom is -0.394 e. The predicted molar refractivity (Wildman–Crippen MR) is 208 cm³/mol. The zero-order valence-electron chi connectivity index (χ0n) is 32.1. The van der Waals surface area contributed by atoms with Gasteiger partial charge in [0.05, 0.1) is 18.8 Å². The van der Waals surface area contributed by atoms with Crippen LogP contribution in [0.1, 0.15) is 219 Å². The van der Waals surface area contributed by atoms with Crippen LogP contribution < -0.4 is 5.32 Å². The van der Waals surface area contributed by atoms with Gasteiger partial charge in [-0.05, 0) is 64.2 Å². The Labute approximate surface area is 299 Å². The summed E-state index contributed by atoms with van der Waals surface area (Å²) < 4.78 is 0. The Kier molecular flexibility index (Phi) is 37.7. The van der Waals surface area contributed by atoms with Crippen LogP contribution in [-0.4, -0.2) is 46.1 Å². The number of hydrogen-bond donors (Lipinski definition) is 4. The molecule has 0 aliphatic rings. The van der Waals surface area contributed by atoms with Crippen LogP contribution in [0, 0.1) is 0 Å². The third-order valence-electron chi connectivity index (χ3n) is 9.78. The van der Waals surface area contributed by atoms with Gasteiger partial charge in [-0.2, -0.15) is 0 Å². The number of carbonyl (C=O) groups excluding carboxylic acids is 1. The molecular weight excluding hydrogens is 594 g/mol. The maximum atomic E-state index is 12.4. The van der Waals surface area contributed by atoms with E-state index in [2.05, 4.69) is 43.5 Å². The summed E-state index contributed by atoms with van der Waals surface area (Å²) in [6.45, 7) is 4.15. The number of rotatable bonds is 38. The first-order valence-corrected chi connectivity index (χ1v) is 21.1. The van der Waals surface area contributed by atoms with E-state index in [0.29, 0.717) is 12.8 Å². The lowest BCUT2D eigenvalue weighted by Gasteiger charge is -2.26. The quantitative estimate of drug-likeness (QED) is 0.0387. The zero-order chi connectivity index (χ0) is 35.2. The Morgan fingerprint density at radius 1 is 0.500 bits per heavy atom. The number of carbonyl (C=O) groups is 1. The van der Waals surface area contributed by atoms with Gasteiger partial charge in [0, 0.05) is 6.42 Å². The van der Waals surface area contributed by atoms with Crippen molar-refractivity contribution in [3.8, 4) is 0 Å². The summed E-state index contributed by atoms with van der Waals surface area (Å²) >= 11 is 0. The van der Waals surface area contributed by atoms with Crippen molar-refractivity contribution >= 4 is 5.91 Å². The molecule has 0 aromatic rings. The van der Waals surface area contributed by atoms with Crippen molar-refractivity contribution < 1.29 is 20.1 Å². The molecular formula is C43H83NO4. The van der Waals surface area contributed by atoms with E-state index in [1.807, 2.05) is 0 Å². The number of aliphatic hydroxyl groups excluding tert-OH is 3. The number of amides is 1. The highest BCUT2D eigenvalue weighted by Crippen LogP contribution is 2.15. The summed E-state index contributed by atoms with van der Waals surface area (Å²) in [5.41, 5.74) is 0. The third-order valence-corrected chi connectivity index (χ3v) is 9.78. The second kappa shape index (κ2) is 38.6. The fourth-order valence-corrected chi connectivity index (χ4v) is 6.45. The smallest absolute Gasteiger partial charge is 0.220 e. The monoisotopic (exact) mass is 678 g/mol. The summed E-state index contributed by atoms with van der Waals surface area (Å²) in [5, 5.41) is 33.5. The third kappa shape index (κ3) is 33.3. The molecule has 0 bridgehead atoms. The fraction of sp³-hybridized carbons (Fsp3) is 0.884. The van der Waals surface area contributed by atoms with E-state index in [9.17, 15) is 20.1 Å². The van der Waals surface area contributed by atoms with Crippen molar-refractivity contribution in [1.82, 2.24) is 5.32 Å². The van der Waals surface area contributed by atoms with Crippen molar-refractivity contribution in [3.63, 3.8) is 0 Å². The molecule has 48 heavy (non-hydrogen) atoms. The van der Waals surface area contributed by atoms with E-state index in [4.69, 9.17) is 0 Å². The summed E-state index contributed by atoms with van der Waals surface area (Å²) in [4.78, 5) is 12.4. The lowest BCUT2D eigenvalue weighted by atomic mass is 10.0. The SMILES string of the molecule is CCCCCC/C=C\CCCCCCCCCC(=O)NC(CO)C(O)C(O)CCC/C=C/CCCCCCCCCCCCCCCC. The van der Waals surface area contributed by atoms with Gasteiger partial charge in [0.2, 0.25) is 5.91 Å². The van der Waals surface area contributed by atoms with E-state index in [0.717, 1.165) is 38.5 Å². The van der Waals surface area contributed by atoms with Gasteiger partial charge in [0.25, 0.3) is 0 Å². The molecule has 0 rings (SSSR count). The largest absolute Gasteiger partial charge is 0.394 e. The van der Waals surface area contributed by atoms with Crippen molar-refractivity contribution in [3.05, 3.63) is 24.3 Å². The molecule has 1 amide bonds. The first kappa shape index (κ1) is 46.8. The van der Waals surface area contributed by atoms with Gasteiger partial charge in [-0.3, -0.25) is 4.79 Å². The molecule has 284 valence electrons. The summed E-state index contributed by atoms with van der Waals surface area (Å²) in [6.07, 6.45) is 45.7. The molecule has 3 unspecified atom stereocenters. The normalized spacial score (nSPS) is 13.9. The van der Waals surface area contributed by atoms with Crippen molar-refractivity contribution in [2.75, 3.05) is 6.61 Å². The maximum absolute atomic E-state index is 12.4. The standard InChI is InChI=1S/C43H83NO4/c1-3-5-7-9-11-13-15-17-19-20-21-22-24-25-27-29-31-33-35-37-41(46)43(48)40(39-45)44-42(47)38-36-34-32-30-28-26-23-18-16-14-12-10-8-6-4-2/h14,16,29,31,40-41,43,45-46,48H,3-13,15,17-28,30,32-39H2,1-2H3,(H,44,47)/b16-14-,31-29+. The maximum Gasteiger partial charge on any atom is 0.220 e. The second-order valence-electron chi connectivity index (χ2n) is 14.5. The number of hydrogen-bond acceptors (Lipinski definition) is 4. The van der Waals surface area contributed by atoms with Crippen LogP contribution in [0.2, 0.25) is 0 Å². The van der Waals surface area contributed by atoms with Crippen LogP contribution >= 0.6 is 0 Å². The molecule has 5 heteroatoms. The highest BCUT2D eigenvalue weighted by molar-refractivity contribution is 5.76. The topological polar surface area (TPSA) is 89.8 Å². The molecule has 0 aliphatic carbocycles. The van der Waals surface area contributed by atoms with E-state index < -0.39 is 18.2 Å². The highest BCUT2D eigenvalue weighted by atomic mass is 16.3. The minimum absolute atomic E-state index is 0.159. The van der Waals surface area contributed by atoms with E-state index >= 15 is 0 Å². The molecule has 0 fully saturated rings. The Hall–Kier alpha value is -1.17. The first-order chi connectivity index (χ1) is 23.6. The number of allylic oxidation sites excluding steroid dienone is 4. The predicted octanol–water partition coefficient (Wildman–Crippen LogP) is 11.8. The average Bonchev–Trinajstić information content (AvgIpc) is 3.09. The lowest BCUT2D eigenvalue weighted by Crippen LogP contribution is -2.50. The summed E-state index contributed by atoms with van der Waals surface area (Å²) in [7, 11) is 0. The van der Waals surface area contributed by atoms with Crippen LogP contribution in [-0.2, 0) is 4.79 Å². The van der Waals surface area contributed by atoms with Gasteiger partial charge < -0.3 is 20.6 Å². The van der Waals surface area contributed by atoms with Crippen molar-refractivity contribution in [2.24, 2.45) is 0 Å². The van der Waals surface area contributed by atoms with Crippen LogP contribution in [0.15, 0.2) is 24.3 Å². The van der Waals surface area contributed by atoms with Gasteiger partial charge in [-0.15, -0.1) is 0 Å². The van der Waals surface area contributed by atoms with Gasteiger partial charge >= 0.3 is 0 Å². The Morgan fingerprint density at radius 2 is 0.833 bits per heavy atom.